The van der Waals surface area contributed by atoms with Crippen LogP contribution in [0.25, 0.3) is 0 Å². The molecule has 0 amide bonds. The molecular formula is C13H26N2. The van der Waals surface area contributed by atoms with Gasteiger partial charge in [-0.05, 0) is 46.0 Å². The van der Waals surface area contributed by atoms with Crippen LogP contribution in [0.2, 0.25) is 0 Å². The Kier molecular flexibility index (Phi) is 3.09. The highest BCUT2D eigenvalue weighted by Gasteiger charge is 2.42. The van der Waals surface area contributed by atoms with Crippen LogP contribution in [-0.4, -0.2) is 35.6 Å². The normalized spacial score (nSPS) is 38.6. The molecule has 0 radical (unpaired) electrons. The average Bonchev–Trinajstić information content (AvgIpc) is 3.01. The second-order valence-corrected chi connectivity index (χ2v) is 5.92. The van der Waals surface area contributed by atoms with Gasteiger partial charge >= 0.3 is 0 Å². The lowest BCUT2D eigenvalue weighted by molar-refractivity contribution is 0.0180. The molecule has 0 aromatic rings. The van der Waals surface area contributed by atoms with Gasteiger partial charge < -0.3 is 5.32 Å². The van der Waals surface area contributed by atoms with E-state index in [0.717, 1.165) is 12.0 Å². The molecule has 0 spiro atoms. The van der Waals surface area contributed by atoms with E-state index in [9.17, 15) is 0 Å². The van der Waals surface area contributed by atoms with Gasteiger partial charge in [-0.3, -0.25) is 4.90 Å². The molecule has 1 aliphatic carbocycles. The lowest BCUT2D eigenvalue weighted by atomic mass is 9.89. The minimum Gasteiger partial charge on any atom is -0.311 e. The molecule has 2 unspecified atom stereocenters. The Morgan fingerprint density at radius 3 is 2.53 bits per heavy atom. The van der Waals surface area contributed by atoms with Crippen LogP contribution in [-0.2, 0) is 0 Å². The molecule has 15 heavy (non-hydrogen) atoms. The maximum atomic E-state index is 3.77. The van der Waals surface area contributed by atoms with Gasteiger partial charge in [-0.15, -0.1) is 0 Å². The third kappa shape index (κ3) is 2.21. The van der Waals surface area contributed by atoms with Gasteiger partial charge in [-0.2, -0.15) is 0 Å². The van der Waals surface area contributed by atoms with E-state index in [1.165, 1.54) is 32.4 Å². The first-order valence-corrected chi connectivity index (χ1v) is 6.57. The van der Waals surface area contributed by atoms with Crippen molar-refractivity contribution >= 4 is 0 Å². The predicted octanol–water partition coefficient (Wildman–Crippen LogP) is 2.25. The molecule has 2 fully saturated rings. The summed E-state index contributed by atoms with van der Waals surface area (Å²) in [5.74, 6) is 0.979. The highest BCUT2D eigenvalue weighted by molar-refractivity contribution is 5.00. The van der Waals surface area contributed by atoms with E-state index >= 15 is 0 Å². The van der Waals surface area contributed by atoms with Crippen LogP contribution < -0.4 is 5.32 Å². The molecule has 1 aliphatic heterocycles. The zero-order valence-electron chi connectivity index (χ0n) is 10.7. The van der Waals surface area contributed by atoms with Gasteiger partial charge in [0.25, 0.3) is 0 Å². The smallest absolute Gasteiger partial charge is 0.0306 e. The first kappa shape index (κ1) is 11.4. The van der Waals surface area contributed by atoms with Crippen LogP contribution in [0.3, 0.4) is 0 Å². The number of rotatable bonds is 3. The molecule has 1 saturated heterocycles. The van der Waals surface area contributed by atoms with Gasteiger partial charge in [-0.25, -0.2) is 0 Å². The topological polar surface area (TPSA) is 15.3 Å². The van der Waals surface area contributed by atoms with Crippen molar-refractivity contribution in [3.05, 3.63) is 0 Å². The summed E-state index contributed by atoms with van der Waals surface area (Å²) in [7, 11) is 0. The van der Waals surface area contributed by atoms with E-state index in [4.69, 9.17) is 0 Å². The molecule has 2 atom stereocenters. The van der Waals surface area contributed by atoms with Crippen molar-refractivity contribution in [3.8, 4) is 0 Å². The summed E-state index contributed by atoms with van der Waals surface area (Å²) in [6.45, 7) is 11.8. The van der Waals surface area contributed by atoms with Crippen molar-refractivity contribution in [2.24, 2.45) is 5.92 Å². The summed E-state index contributed by atoms with van der Waals surface area (Å²) >= 11 is 0. The van der Waals surface area contributed by atoms with E-state index < -0.39 is 0 Å². The van der Waals surface area contributed by atoms with Crippen molar-refractivity contribution < 1.29 is 0 Å². The summed E-state index contributed by atoms with van der Waals surface area (Å²) in [5.41, 5.74) is 0.375. The average molecular weight is 210 g/mol. The van der Waals surface area contributed by atoms with E-state index in [0.29, 0.717) is 11.6 Å². The molecule has 2 heteroatoms. The SMILES string of the molecule is CCC1(C)CNC(C2CC2)CN1C(C)C. The minimum atomic E-state index is 0.375. The molecule has 1 N–H and O–H groups in total. The fourth-order valence-corrected chi connectivity index (χ4v) is 2.93. The molecule has 1 saturated carbocycles. The second-order valence-electron chi connectivity index (χ2n) is 5.92. The molecule has 2 nitrogen and oxygen atoms in total. The fourth-order valence-electron chi connectivity index (χ4n) is 2.93. The number of hydrogen-bond acceptors (Lipinski definition) is 2. The van der Waals surface area contributed by atoms with Gasteiger partial charge in [-0.1, -0.05) is 6.92 Å². The third-order valence-corrected chi connectivity index (χ3v) is 4.41. The molecule has 0 aromatic carbocycles. The highest BCUT2D eigenvalue weighted by Crippen LogP contribution is 2.36. The first-order valence-electron chi connectivity index (χ1n) is 6.57. The Hall–Kier alpha value is -0.0800. The summed E-state index contributed by atoms with van der Waals surface area (Å²) in [6, 6.07) is 1.45. The molecular weight excluding hydrogens is 184 g/mol. The summed E-state index contributed by atoms with van der Waals surface area (Å²) < 4.78 is 0. The van der Waals surface area contributed by atoms with Crippen molar-refractivity contribution in [2.45, 2.75) is 64.6 Å². The maximum Gasteiger partial charge on any atom is 0.0306 e. The minimum absolute atomic E-state index is 0.375. The van der Waals surface area contributed by atoms with Crippen molar-refractivity contribution in [3.63, 3.8) is 0 Å². The number of nitrogens with zero attached hydrogens (tertiary/aromatic N) is 1. The quantitative estimate of drug-likeness (QED) is 0.768. The lowest BCUT2D eigenvalue weighted by Crippen LogP contribution is -2.65. The van der Waals surface area contributed by atoms with Gasteiger partial charge in [0.15, 0.2) is 0 Å². The summed E-state index contributed by atoms with van der Waals surface area (Å²) in [5, 5.41) is 3.77. The van der Waals surface area contributed by atoms with Gasteiger partial charge in [0.1, 0.15) is 0 Å². The van der Waals surface area contributed by atoms with Crippen molar-refractivity contribution in [1.29, 1.82) is 0 Å². The van der Waals surface area contributed by atoms with E-state index in [1.54, 1.807) is 0 Å². The largest absolute Gasteiger partial charge is 0.311 e. The van der Waals surface area contributed by atoms with Crippen LogP contribution in [0.1, 0.15) is 47.0 Å². The van der Waals surface area contributed by atoms with Gasteiger partial charge in [0.05, 0.1) is 0 Å². The molecule has 0 bridgehead atoms. The number of nitrogens with one attached hydrogen (secondary N) is 1. The molecule has 88 valence electrons. The zero-order chi connectivity index (χ0) is 11.1. The molecule has 2 rings (SSSR count). The zero-order valence-corrected chi connectivity index (χ0v) is 10.7. The molecule has 1 heterocycles. The standard InChI is InChI=1S/C13H26N2/c1-5-13(4)9-14-12(11-6-7-11)8-15(13)10(2)3/h10-12,14H,5-9H2,1-4H3. The van der Waals surface area contributed by atoms with Crippen LogP contribution in [0.15, 0.2) is 0 Å². The molecule has 0 aromatic heterocycles. The number of hydrogen-bond donors (Lipinski definition) is 1. The van der Waals surface area contributed by atoms with Crippen molar-refractivity contribution in [2.75, 3.05) is 13.1 Å². The van der Waals surface area contributed by atoms with E-state index in [1.807, 2.05) is 0 Å². The first-order chi connectivity index (χ1) is 7.07. The van der Waals surface area contributed by atoms with Crippen LogP contribution >= 0.6 is 0 Å². The molecule has 2 aliphatic rings. The Morgan fingerprint density at radius 2 is 2.07 bits per heavy atom. The third-order valence-electron chi connectivity index (χ3n) is 4.41. The van der Waals surface area contributed by atoms with Gasteiger partial charge in [0, 0.05) is 30.7 Å². The lowest BCUT2D eigenvalue weighted by Gasteiger charge is -2.50. The Morgan fingerprint density at radius 1 is 1.40 bits per heavy atom. The maximum absolute atomic E-state index is 3.77. The summed E-state index contributed by atoms with van der Waals surface area (Å²) in [6.07, 6.45) is 4.15. The second kappa shape index (κ2) is 4.06. The monoisotopic (exact) mass is 210 g/mol. The Labute approximate surface area is 94.4 Å². The van der Waals surface area contributed by atoms with Crippen LogP contribution in [0.4, 0.5) is 0 Å². The highest BCUT2D eigenvalue weighted by atomic mass is 15.3. The van der Waals surface area contributed by atoms with Crippen LogP contribution in [0.5, 0.6) is 0 Å². The summed E-state index contributed by atoms with van der Waals surface area (Å²) in [4.78, 5) is 2.71. The van der Waals surface area contributed by atoms with Crippen LogP contribution in [0, 0.1) is 5.92 Å². The fraction of sp³-hybridized carbons (Fsp3) is 1.00. The Bertz CT molecular complexity index is 223. The van der Waals surface area contributed by atoms with E-state index in [2.05, 4.69) is 37.9 Å². The van der Waals surface area contributed by atoms with Gasteiger partial charge in [0.2, 0.25) is 0 Å². The van der Waals surface area contributed by atoms with E-state index in [-0.39, 0.29) is 0 Å². The van der Waals surface area contributed by atoms with Crippen molar-refractivity contribution in [1.82, 2.24) is 10.2 Å². The predicted molar refractivity (Wildman–Crippen MR) is 65.1 cm³/mol. The number of piperazine rings is 1. The Balaban J connectivity index is 2.04.